The minimum atomic E-state index is -0.300. The first-order valence-electron chi connectivity index (χ1n) is 9.98. The Morgan fingerprint density at radius 2 is 1.71 bits per heavy atom. The predicted molar refractivity (Wildman–Crippen MR) is 102 cm³/mol. The lowest BCUT2D eigenvalue weighted by molar-refractivity contribution is -0.144. The Morgan fingerprint density at radius 1 is 1.11 bits per heavy atom. The van der Waals surface area contributed by atoms with Gasteiger partial charge in [0.05, 0.1) is 6.42 Å². The number of carbonyl (C=O) groups is 2. The van der Waals surface area contributed by atoms with Crippen molar-refractivity contribution in [1.29, 1.82) is 0 Å². The first-order valence-corrected chi connectivity index (χ1v) is 9.98. The number of hydrogen-bond acceptors (Lipinski definition) is 4. The Balaban J connectivity index is 1.57. The third-order valence-corrected chi connectivity index (χ3v) is 5.62. The molecule has 0 bridgehead atoms. The molecule has 0 aliphatic carbocycles. The fourth-order valence-electron chi connectivity index (χ4n) is 4.15. The van der Waals surface area contributed by atoms with E-state index in [1.165, 1.54) is 19.2 Å². The van der Waals surface area contributed by atoms with E-state index in [-0.39, 0.29) is 42.7 Å². The molecule has 28 heavy (non-hydrogen) atoms. The summed E-state index contributed by atoms with van der Waals surface area (Å²) in [5, 5.41) is 0. The summed E-state index contributed by atoms with van der Waals surface area (Å²) in [6.07, 6.45) is 3.50. The number of ether oxygens (including phenoxy) is 2. The Hall–Kier alpha value is -1.99. The summed E-state index contributed by atoms with van der Waals surface area (Å²) in [5.41, 5.74) is 0.813. The summed E-state index contributed by atoms with van der Waals surface area (Å²) in [5.74, 6) is -0.234. The summed E-state index contributed by atoms with van der Waals surface area (Å²) in [6, 6.07) is 6.36. The number of carbonyl (C=O) groups excluding carboxylic acids is 2. The van der Waals surface area contributed by atoms with Crippen LogP contribution in [-0.2, 0) is 25.5 Å². The van der Waals surface area contributed by atoms with Gasteiger partial charge in [0.25, 0.3) is 0 Å². The third-order valence-electron chi connectivity index (χ3n) is 5.62. The van der Waals surface area contributed by atoms with Crippen LogP contribution in [0.25, 0.3) is 0 Å². The highest BCUT2D eigenvalue weighted by Crippen LogP contribution is 2.24. The van der Waals surface area contributed by atoms with E-state index < -0.39 is 0 Å². The molecule has 7 heteroatoms. The van der Waals surface area contributed by atoms with Gasteiger partial charge in [0.2, 0.25) is 11.8 Å². The number of halogens is 1. The van der Waals surface area contributed by atoms with Crippen LogP contribution >= 0.6 is 0 Å². The number of likely N-dealkylation sites (tertiary alicyclic amines) is 1. The van der Waals surface area contributed by atoms with Crippen LogP contribution in [0, 0.1) is 5.82 Å². The van der Waals surface area contributed by atoms with Crippen molar-refractivity contribution >= 4 is 11.8 Å². The van der Waals surface area contributed by atoms with Crippen molar-refractivity contribution in [2.24, 2.45) is 0 Å². The van der Waals surface area contributed by atoms with Crippen LogP contribution in [0.4, 0.5) is 4.39 Å². The van der Waals surface area contributed by atoms with Crippen molar-refractivity contribution in [1.82, 2.24) is 9.80 Å². The number of nitrogens with zero attached hydrogens (tertiary/aromatic N) is 2. The summed E-state index contributed by atoms with van der Waals surface area (Å²) >= 11 is 0. The first-order chi connectivity index (χ1) is 13.6. The van der Waals surface area contributed by atoms with Crippen LogP contribution in [0.15, 0.2) is 24.3 Å². The van der Waals surface area contributed by atoms with Crippen LogP contribution in [0.5, 0.6) is 0 Å². The quantitative estimate of drug-likeness (QED) is 0.743. The summed E-state index contributed by atoms with van der Waals surface area (Å²) in [7, 11) is 1.54. The van der Waals surface area contributed by atoms with Crippen LogP contribution in [-0.4, -0.2) is 73.7 Å². The highest BCUT2D eigenvalue weighted by Gasteiger charge is 2.34. The zero-order valence-corrected chi connectivity index (χ0v) is 16.4. The van der Waals surface area contributed by atoms with Gasteiger partial charge in [-0.1, -0.05) is 12.1 Å². The van der Waals surface area contributed by atoms with E-state index in [0.717, 1.165) is 31.2 Å². The Kier molecular flexibility index (Phi) is 7.39. The van der Waals surface area contributed by atoms with Gasteiger partial charge in [-0.25, -0.2) is 4.39 Å². The van der Waals surface area contributed by atoms with Crippen molar-refractivity contribution in [3.05, 3.63) is 35.6 Å². The minimum Gasteiger partial charge on any atom is -0.381 e. The van der Waals surface area contributed by atoms with Gasteiger partial charge in [0.1, 0.15) is 12.4 Å². The Labute approximate surface area is 165 Å². The second kappa shape index (κ2) is 9.98. The molecule has 154 valence electrons. The average Bonchev–Trinajstić information content (AvgIpc) is 2.71. The molecular weight excluding hydrogens is 363 g/mol. The monoisotopic (exact) mass is 392 g/mol. The largest absolute Gasteiger partial charge is 0.381 e. The highest BCUT2D eigenvalue weighted by atomic mass is 19.1. The van der Waals surface area contributed by atoms with E-state index >= 15 is 0 Å². The van der Waals surface area contributed by atoms with Gasteiger partial charge in [-0.2, -0.15) is 0 Å². The van der Waals surface area contributed by atoms with Crippen molar-refractivity contribution in [3.63, 3.8) is 0 Å². The van der Waals surface area contributed by atoms with Gasteiger partial charge in [0.15, 0.2) is 0 Å². The van der Waals surface area contributed by atoms with E-state index in [9.17, 15) is 14.0 Å². The fourth-order valence-corrected chi connectivity index (χ4v) is 4.15. The van der Waals surface area contributed by atoms with Crippen molar-refractivity contribution in [2.75, 3.05) is 40.0 Å². The third kappa shape index (κ3) is 5.29. The van der Waals surface area contributed by atoms with Crippen LogP contribution < -0.4 is 0 Å². The van der Waals surface area contributed by atoms with E-state index in [1.54, 1.807) is 12.1 Å². The van der Waals surface area contributed by atoms with E-state index in [4.69, 9.17) is 9.47 Å². The second-order valence-electron chi connectivity index (χ2n) is 7.49. The smallest absolute Gasteiger partial charge is 0.249 e. The summed E-state index contributed by atoms with van der Waals surface area (Å²) in [6.45, 7) is 2.70. The van der Waals surface area contributed by atoms with Gasteiger partial charge in [0, 0.05) is 45.5 Å². The van der Waals surface area contributed by atoms with Gasteiger partial charge in [-0.3, -0.25) is 9.59 Å². The molecule has 0 radical (unpaired) electrons. The molecule has 1 aromatic rings. The molecule has 2 fully saturated rings. The average molecular weight is 392 g/mol. The number of piperidine rings is 1. The molecular formula is C21H29FN2O4. The lowest BCUT2D eigenvalue weighted by atomic mass is 9.97. The van der Waals surface area contributed by atoms with Crippen molar-refractivity contribution in [3.8, 4) is 0 Å². The SMILES string of the molecule is COCC(=O)N(C1CCOCC1)C1CCN(C(=O)Cc2ccc(F)cc2)CC1. The second-order valence-corrected chi connectivity index (χ2v) is 7.49. The molecule has 0 spiro atoms. The molecule has 0 saturated carbocycles. The van der Waals surface area contributed by atoms with E-state index in [1.807, 2.05) is 9.80 Å². The Bertz CT molecular complexity index is 653. The fraction of sp³-hybridized carbons (Fsp3) is 0.619. The normalized spacial score (nSPS) is 18.9. The number of methoxy groups -OCH3 is 1. The van der Waals surface area contributed by atoms with Gasteiger partial charge in [-0.15, -0.1) is 0 Å². The molecule has 0 unspecified atom stereocenters. The molecule has 2 amide bonds. The Morgan fingerprint density at radius 3 is 2.32 bits per heavy atom. The summed E-state index contributed by atoms with van der Waals surface area (Å²) in [4.78, 5) is 29.1. The number of amides is 2. The van der Waals surface area contributed by atoms with Crippen molar-refractivity contribution < 1.29 is 23.5 Å². The maximum atomic E-state index is 13.0. The molecule has 6 nitrogen and oxygen atoms in total. The molecule has 1 aromatic carbocycles. The summed E-state index contributed by atoms with van der Waals surface area (Å²) < 4.78 is 23.6. The molecule has 2 aliphatic rings. The minimum absolute atomic E-state index is 0.0190. The molecule has 3 rings (SSSR count). The topological polar surface area (TPSA) is 59.1 Å². The zero-order valence-electron chi connectivity index (χ0n) is 16.4. The number of rotatable bonds is 6. The standard InChI is InChI=1S/C21H29FN2O4/c1-27-15-21(26)24(19-8-12-28-13-9-19)18-6-10-23(11-7-18)20(25)14-16-2-4-17(22)5-3-16/h2-5,18-19H,6-15H2,1H3. The molecule has 0 N–H and O–H groups in total. The predicted octanol–water partition coefficient (Wildman–Crippen LogP) is 2.01. The first kappa shape index (κ1) is 20.7. The van der Waals surface area contributed by atoms with Crippen LogP contribution in [0.3, 0.4) is 0 Å². The molecule has 2 heterocycles. The molecule has 0 atom stereocenters. The van der Waals surface area contributed by atoms with Gasteiger partial charge >= 0.3 is 0 Å². The van der Waals surface area contributed by atoms with E-state index in [0.29, 0.717) is 26.3 Å². The lowest BCUT2D eigenvalue weighted by Crippen LogP contribution is -2.54. The molecule has 2 saturated heterocycles. The zero-order chi connectivity index (χ0) is 19.9. The number of benzene rings is 1. The van der Waals surface area contributed by atoms with E-state index in [2.05, 4.69) is 0 Å². The van der Waals surface area contributed by atoms with Gasteiger partial charge < -0.3 is 19.3 Å². The molecule has 2 aliphatic heterocycles. The van der Waals surface area contributed by atoms with Crippen LogP contribution in [0.2, 0.25) is 0 Å². The maximum Gasteiger partial charge on any atom is 0.249 e. The van der Waals surface area contributed by atoms with Crippen molar-refractivity contribution in [2.45, 2.75) is 44.2 Å². The lowest BCUT2D eigenvalue weighted by Gasteiger charge is -2.43. The highest BCUT2D eigenvalue weighted by molar-refractivity contribution is 5.79. The van der Waals surface area contributed by atoms with Gasteiger partial charge in [-0.05, 0) is 43.4 Å². The molecule has 0 aromatic heterocycles. The van der Waals surface area contributed by atoms with Crippen LogP contribution in [0.1, 0.15) is 31.2 Å². The number of hydrogen-bond donors (Lipinski definition) is 0. The maximum absolute atomic E-state index is 13.0.